The van der Waals surface area contributed by atoms with Gasteiger partial charge in [-0.15, -0.1) is 0 Å². The summed E-state index contributed by atoms with van der Waals surface area (Å²) in [6.45, 7) is 9.68. The van der Waals surface area contributed by atoms with E-state index in [-0.39, 0.29) is 19.3 Å². The molecule has 1 unspecified atom stereocenters. The number of nitrogen functional groups attached to an aromatic ring is 1. The molecule has 3 N–H and O–H groups in total. The maximum atomic E-state index is 14.4. The number of rotatable bonds is 13. The molecule has 44 heavy (non-hydrogen) atoms. The number of nitrogens with two attached hydrogens (primary N) is 1. The number of nitrogens with one attached hydrogen (secondary N) is 1. The molecule has 2 heterocycles. The van der Waals surface area contributed by atoms with Crippen LogP contribution in [0.15, 0.2) is 66.7 Å². The molecule has 0 saturated carbocycles. The largest absolute Gasteiger partial charge is 0.462 e. The number of carbonyl (C=O) groups is 1. The van der Waals surface area contributed by atoms with Crippen LogP contribution in [0.5, 0.6) is 5.75 Å². The van der Waals surface area contributed by atoms with Crippen molar-refractivity contribution < 1.29 is 27.9 Å². The lowest BCUT2D eigenvalue weighted by Gasteiger charge is -2.26. The van der Waals surface area contributed by atoms with Crippen molar-refractivity contribution in [3.63, 3.8) is 0 Å². The fourth-order valence-electron chi connectivity index (χ4n) is 5.00. The minimum Gasteiger partial charge on any atom is -0.462 e. The molecule has 232 valence electrons. The predicted octanol–water partition coefficient (Wildman–Crippen LogP) is 6.38. The first-order valence-electron chi connectivity index (χ1n) is 14.6. The zero-order chi connectivity index (χ0) is 31.4. The van der Waals surface area contributed by atoms with Crippen molar-refractivity contribution >= 4 is 52.2 Å². The Kier molecular flexibility index (Phi) is 9.51. The fourth-order valence-corrected chi connectivity index (χ4v) is 6.67. The molecule has 0 bridgehead atoms. The zero-order valence-electron chi connectivity index (χ0n) is 25.5. The van der Waals surface area contributed by atoms with E-state index in [1.54, 1.807) is 39.8 Å². The Balaban J connectivity index is 1.49. The second-order valence-corrected chi connectivity index (χ2v) is 12.5. The second kappa shape index (κ2) is 13.3. The molecule has 5 rings (SSSR count). The Morgan fingerprint density at radius 2 is 1.73 bits per heavy atom. The number of benzene rings is 3. The lowest BCUT2D eigenvalue weighted by Crippen LogP contribution is -2.37. The predicted molar refractivity (Wildman–Crippen MR) is 171 cm³/mol. The third-order valence-electron chi connectivity index (χ3n) is 6.89. The van der Waals surface area contributed by atoms with Crippen LogP contribution in [0.3, 0.4) is 0 Å². The van der Waals surface area contributed by atoms with Gasteiger partial charge < -0.3 is 24.3 Å². The van der Waals surface area contributed by atoms with Crippen LogP contribution >= 0.6 is 7.75 Å². The second-order valence-electron chi connectivity index (χ2n) is 10.8. The third-order valence-corrected chi connectivity index (χ3v) is 8.68. The molecular weight excluding hydrogens is 581 g/mol. The summed E-state index contributed by atoms with van der Waals surface area (Å²) in [7, 11) is -4.15. The first-order valence-corrected chi connectivity index (χ1v) is 16.2. The summed E-state index contributed by atoms with van der Waals surface area (Å²) < 4.78 is 39.6. The molecule has 0 saturated heterocycles. The number of pyridine rings is 1. The van der Waals surface area contributed by atoms with Gasteiger partial charge >= 0.3 is 13.7 Å². The van der Waals surface area contributed by atoms with E-state index >= 15 is 0 Å². The highest BCUT2D eigenvalue weighted by Crippen LogP contribution is 2.47. The van der Waals surface area contributed by atoms with Gasteiger partial charge in [-0.25, -0.2) is 14.5 Å². The van der Waals surface area contributed by atoms with E-state index in [0.717, 1.165) is 27.2 Å². The number of esters is 1. The van der Waals surface area contributed by atoms with Gasteiger partial charge in [0.2, 0.25) is 0 Å². The number of hydrogen-bond donors (Lipinski definition) is 2. The van der Waals surface area contributed by atoms with Gasteiger partial charge in [0.25, 0.3) is 0 Å². The maximum absolute atomic E-state index is 14.4. The zero-order valence-corrected chi connectivity index (χ0v) is 26.4. The maximum Gasteiger partial charge on any atom is 0.459 e. The van der Waals surface area contributed by atoms with Crippen molar-refractivity contribution in [2.24, 2.45) is 0 Å². The number of aromatic nitrogens is 3. The molecule has 5 aromatic rings. The van der Waals surface area contributed by atoms with Gasteiger partial charge in [0, 0.05) is 12.0 Å². The smallest absolute Gasteiger partial charge is 0.459 e. The van der Waals surface area contributed by atoms with Gasteiger partial charge in [-0.1, -0.05) is 48.5 Å². The fraction of sp³-hybridized carbons (Fsp3) is 0.344. The Morgan fingerprint density at radius 3 is 2.48 bits per heavy atom. The van der Waals surface area contributed by atoms with E-state index in [0.29, 0.717) is 29.5 Å². The van der Waals surface area contributed by atoms with Gasteiger partial charge in [-0.2, -0.15) is 5.09 Å². The average Bonchev–Trinajstić information content (AvgIpc) is 3.34. The standard InChI is InChI=1S/C32H38N5O6P/c1-6-40-19-28-35-29-30(26-13-9-10-14-27(26)34-31(29)33)37(28)18-21(4)42-44(39,36-22(5)32(38)41-20(2)3)43-25-16-15-23-11-7-8-12-24(23)17-25/h7-17,20-22H,6,18-19H2,1-5H3,(H2,33,34)(H,36,39)/t21-,22+,44?/m1/s1. The molecule has 0 fully saturated rings. The van der Waals surface area contributed by atoms with Gasteiger partial charge in [0.15, 0.2) is 5.82 Å². The number of nitrogens with zero attached hydrogens (tertiary/aromatic N) is 3. The van der Waals surface area contributed by atoms with E-state index in [1.807, 2.05) is 66.1 Å². The number of fused-ring (bicyclic) bond motifs is 4. The van der Waals surface area contributed by atoms with Crippen LogP contribution in [0, 0.1) is 0 Å². The molecule has 0 aliphatic heterocycles. The first-order chi connectivity index (χ1) is 21.1. The molecule has 0 radical (unpaired) electrons. The summed E-state index contributed by atoms with van der Waals surface area (Å²) in [6.07, 6.45) is -1.03. The van der Waals surface area contributed by atoms with Gasteiger partial charge in [0.05, 0.1) is 29.8 Å². The molecule has 0 spiro atoms. The molecule has 12 heteroatoms. The van der Waals surface area contributed by atoms with Crippen molar-refractivity contribution in [1.29, 1.82) is 0 Å². The molecule has 0 aliphatic carbocycles. The lowest BCUT2D eigenvalue weighted by molar-refractivity contribution is -0.149. The van der Waals surface area contributed by atoms with E-state index in [2.05, 4.69) is 10.1 Å². The molecule has 11 nitrogen and oxygen atoms in total. The van der Waals surface area contributed by atoms with Crippen LogP contribution in [0.25, 0.3) is 32.7 Å². The Bertz CT molecular complexity index is 1840. The molecule has 0 aliphatic rings. The van der Waals surface area contributed by atoms with Crippen LogP contribution in [-0.2, 0) is 36.5 Å². The Labute approximate surface area is 256 Å². The lowest BCUT2D eigenvalue weighted by atomic mass is 10.1. The molecule has 0 amide bonds. The van der Waals surface area contributed by atoms with Crippen molar-refractivity contribution in [2.75, 3.05) is 12.3 Å². The van der Waals surface area contributed by atoms with Gasteiger partial charge in [-0.05, 0) is 63.6 Å². The quantitative estimate of drug-likeness (QED) is 0.113. The van der Waals surface area contributed by atoms with E-state index in [4.69, 9.17) is 29.2 Å². The van der Waals surface area contributed by atoms with Crippen LogP contribution < -0.4 is 15.3 Å². The molecule has 2 aromatic heterocycles. The van der Waals surface area contributed by atoms with Crippen molar-refractivity contribution in [2.45, 2.75) is 66.0 Å². The highest BCUT2D eigenvalue weighted by atomic mass is 31.2. The number of para-hydroxylation sites is 1. The Morgan fingerprint density at radius 1 is 1.00 bits per heavy atom. The van der Waals surface area contributed by atoms with E-state index < -0.39 is 25.9 Å². The normalized spacial score (nSPS) is 14.6. The van der Waals surface area contributed by atoms with Crippen LogP contribution in [0.1, 0.15) is 40.4 Å². The molecule has 3 atom stereocenters. The number of anilines is 1. The number of hydrogen-bond acceptors (Lipinski definition) is 9. The summed E-state index contributed by atoms with van der Waals surface area (Å²) in [6, 6.07) is 19.8. The highest BCUT2D eigenvalue weighted by molar-refractivity contribution is 7.52. The van der Waals surface area contributed by atoms with Crippen LogP contribution in [0.4, 0.5) is 5.82 Å². The van der Waals surface area contributed by atoms with E-state index in [9.17, 15) is 9.36 Å². The monoisotopic (exact) mass is 619 g/mol. The highest BCUT2D eigenvalue weighted by Gasteiger charge is 2.35. The van der Waals surface area contributed by atoms with E-state index in [1.165, 1.54) is 0 Å². The number of carbonyl (C=O) groups excluding carboxylic acids is 1. The SMILES string of the molecule is CCOCc1nc2c(N)nc3ccccc3c2n1C[C@@H](C)OP(=O)(N[C@@H](C)C(=O)OC(C)C)Oc1ccc2ccccc2c1. The minimum atomic E-state index is -4.15. The molecule has 3 aromatic carbocycles. The summed E-state index contributed by atoms with van der Waals surface area (Å²) in [5, 5.41) is 5.55. The average molecular weight is 620 g/mol. The van der Waals surface area contributed by atoms with Crippen molar-refractivity contribution in [3.05, 3.63) is 72.6 Å². The third kappa shape index (κ3) is 7.03. The molecular formula is C32H38N5O6P. The summed E-state index contributed by atoms with van der Waals surface area (Å²) in [4.78, 5) is 22.0. The van der Waals surface area contributed by atoms with Crippen LogP contribution in [-0.4, -0.2) is 45.4 Å². The van der Waals surface area contributed by atoms with Gasteiger partial charge in [0.1, 0.15) is 29.7 Å². The van der Waals surface area contributed by atoms with Crippen LogP contribution in [0.2, 0.25) is 0 Å². The summed E-state index contributed by atoms with van der Waals surface area (Å²) in [5.74, 6) is 0.668. The first kappa shape index (κ1) is 31.4. The van der Waals surface area contributed by atoms with Crippen molar-refractivity contribution in [1.82, 2.24) is 19.6 Å². The number of imidazole rings is 1. The van der Waals surface area contributed by atoms with Gasteiger partial charge in [-0.3, -0.25) is 9.32 Å². The Hall–Kier alpha value is -4.02. The summed E-state index contributed by atoms with van der Waals surface area (Å²) in [5.41, 5.74) is 8.37. The summed E-state index contributed by atoms with van der Waals surface area (Å²) >= 11 is 0. The van der Waals surface area contributed by atoms with Crippen molar-refractivity contribution in [3.8, 4) is 5.75 Å². The number of ether oxygens (including phenoxy) is 2. The topological polar surface area (TPSA) is 140 Å². The minimum absolute atomic E-state index is 0.226.